The Balaban J connectivity index is 1.57. The van der Waals surface area contributed by atoms with Crippen molar-refractivity contribution < 1.29 is 4.74 Å². The second-order valence-corrected chi connectivity index (χ2v) is 7.33. The number of nitrogens with zero attached hydrogens (tertiary/aromatic N) is 1. The predicted octanol–water partition coefficient (Wildman–Crippen LogP) is 4.81. The second kappa shape index (κ2) is 7.08. The fourth-order valence-electron chi connectivity index (χ4n) is 4.47. The van der Waals surface area contributed by atoms with Gasteiger partial charge in [-0.1, -0.05) is 67.1 Å². The summed E-state index contributed by atoms with van der Waals surface area (Å²) in [5.74, 6) is 0. The molecule has 2 fully saturated rings. The SMILES string of the molecule is CN1C2CCCC1CC(OC(c1ccccc1)c1ccccc1)C2. The zero-order valence-electron chi connectivity index (χ0n) is 14.5. The lowest BCUT2D eigenvalue weighted by Crippen LogP contribution is -2.51. The number of rotatable bonds is 4. The van der Waals surface area contributed by atoms with Crippen molar-refractivity contribution in [2.75, 3.05) is 7.05 Å². The van der Waals surface area contributed by atoms with Gasteiger partial charge in [0.25, 0.3) is 0 Å². The lowest BCUT2D eigenvalue weighted by atomic mass is 9.83. The van der Waals surface area contributed by atoms with Crippen LogP contribution in [-0.2, 0) is 4.74 Å². The molecule has 2 heterocycles. The average molecular weight is 321 g/mol. The Kier molecular flexibility index (Phi) is 4.68. The summed E-state index contributed by atoms with van der Waals surface area (Å²) in [5.41, 5.74) is 2.51. The van der Waals surface area contributed by atoms with Gasteiger partial charge in [-0.3, -0.25) is 0 Å². The van der Waals surface area contributed by atoms with E-state index in [1.54, 1.807) is 0 Å². The predicted molar refractivity (Wildman–Crippen MR) is 98.0 cm³/mol. The van der Waals surface area contributed by atoms with Gasteiger partial charge in [0, 0.05) is 12.1 Å². The molecule has 2 unspecified atom stereocenters. The Hall–Kier alpha value is -1.64. The third kappa shape index (κ3) is 3.26. The van der Waals surface area contributed by atoms with E-state index in [4.69, 9.17) is 4.74 Å². The molecule has 0 saturated carbocycles. The van der Waals surface area contributed by atoms with Gasteiger partial charge in [0.15, 0.2) is 0 Å². The first-order valence-electron chi connectivity index (χ1n) is 9.28. The van der Waals surface area contributed by atoms with Gasteiger partial charge in [0.1, 0.15) is 6.10 Å². The molecule has 2 aliphatic rings. The van der Waals surface area contributed by atoms with Crippen molar-refractivity contribution >= 4 is 0 Å². The number of hydrogen-bond acceptors (Lipinski definition) is 2. The Bertz CT molecular complexity index is 588. The maximum atomic E-state index is 6.72. The van der Waals surface area contributed by atoms with Gasteiger partial charge in [-0.05, 0) is 43.9 Å². The zero-order chi connectivity index (χ0) is 16.4. The van der Waals surface area contributed by atoms with E-state index in [9.17, 15) is 0 Å². The fourth-order valence-corrected chi connectivity index (χ4v) is 4.47. The van der Waals surface area contributed by atoms with Crippen molar-refractivity contribution in [2.45, 2.75) is 56.4 Å². The number of fused-ring (bicyclic) bond motifs is 2. The minimum absolute atomic E-state index is 0.0431. The maximum absolute atomic E-state index is 6.72. The first kappa shape index (κ1) is 15.9. The van der Waals surface area contributed by atoms with Crippen LogP contribution in [0, 0.1) is 0 Å². The number of hydrogen-bond donors (Lipinski definition) is 0. The lowest BCUT2D eigenvalue weighted by molar-refractivity contribution is -0.0720. The molecule has 24 heavy (non-hydrogen) atoms. The highest BCUT2D eigenvalue weighted by atomic mass is 16.5. The van der Waals surface area contributed by atoms with E-state index in [0.29, 0.717) is 18.2 Å². The van der Waals surface area contributed by atoms with Crippen molar-refractivity contribution in [2.24, 2.45) is 0 Å². The quantitative estimate of drug-likeness (QED) is 0.801. The highest BCUT2D eigenvalue weighted by Gasteiger charge is 2.37. The largest absolute Gasteiger partial charge is 0.365 e. The van der Waals surface area contributed by atoms with Gasteiger partial charge in [-0.2, -0.15) is 0 Å². The minimum atomic E-state index is 0.0431. The molecule has 2 saturated heterocycles. The summed E-state index contributed by atoms with van der Waals surface area (Å²) >= 11 is 0. The third-order valence-electron chi connectivity index (χ3n) is 5.83. The summed E-state index contributed by atoms with van der Waals surface area (Å²) in [5, 5.41) is 0. The number of piperidine rings is 2. The van der Waals surface area contributed by atoms with Gasteiger partial charge in [-0.15, -0.1) is 0 Å². The summed E-state index contributed by atoms with van der Waals surface area (Å²) in [7, 11) is 2.30. The second-order valence-electron chi connectivity index (χ2n) is 7.33. The Morgan fingerprint density at radius 1 is 0.833 bits per heavy atom. The molecular weight excluding hydrogens is 294 g/mol. The maximum Gasteiger partial charge on any atom is 0.108 e. The highest BCUT2D eigenvalue weighted by molar-refractivity contribution is 5.30. The molecule has 0 aromatic heterocycles. The van der Waals surface area contributed by atoms with Crippen LogP contribution in [0.25, 0.3) is 0 Å². The van der Waals surface area contributed by atoms with Gasteiger partial charge < -0.3 is 9.64 Å². The van der Waals surface area contributed by atoms with Crippen LogP contribution in [0.4, 0.5) is 0 Å². The van der Waals surface area contributed by atoms with Crippen molar-refractivity contribution in [3.8, 4) is 0 Å². The molecule has 0 spiro atoms. The highest BCUT2D eigenvalue weighted by Crippen LogP contribution is 2.37. The smallest absolute Gasteiger partial charge is 0.108 e. The fraction of sp³-hybridized carbons (Fsp3) is 0.455. The van der Waals surface area contributed by atoms with Gasteiger partial charge >= 0.3 is 0 Å². The van der Waals surface area contributed by atoms with Crippen molar-refractivity contribution in [3.63, 3.8) is 0 Å². The van der Waals surface area contributed by atoms with Gasteiger partial charge in [0.2, 0.25) is 0 Å². The van der Waals surface area contributed by atoms with E-state index in [2.05, 4.69) is 72.6 Å². The molecule has 0 N–H and O–H groups in total. The van der Waals surface area contributed by atoms with Crippen LogP contribution in [0.15, 0.2) is 60.7 Å². The van der Waals surface area contributed by atoms with Gasteiger partial charge in [-0.25, -0.2) is 0 Å². The molecule has 0 radical (unpaired) electrons. The normalized spacial score (nSPS) is 27.3. The summed E-state index contributed by atoms with van der Waals surface area (Å²) < 4.78 is 6.72. The van der Waals surface area contributed by atoms with Gasteiger partial charge in [0.05, 0.1) is 6.10 Å². The molecular formula is C22H27NO. The molecule has 0 amide bonds. The first-order valence-corrected chi connectivity index (χ1v) is 9.28. The van der Waals surface area contributed by atoms with E-state index >= 15 is 0 Å². The minimum Gasteiger partial charge on any atom is -0.365 e. The number of ether oxygens (including phenoxy) is 1. The van der Waals surface area contributed by atoms with Crippen LogP contribution in [0.3, 0.4) is 0 Å². The molecule has 4 rings (SSSR count). The Labute approximate surface area is 145 Å². The molecule has 2 aromatic carbocycles. The molecule has 2 aliphatic heterocycles. The van der Waals surface area contributed by atoms with Crippen LogP contribution in [0.1, 0.15) is 49.3 Å². The molecule has 0 aliphatic carbocycles. The number of benzene rings is 2. The van der Waals surface area contributed by atoms with E-state index in [0.717, 1.165) is 0 Å². The summed E-state index contributed by atoms with van der Waals surface area (Å²) in [4.78, 5) is 2.60. The molecule has 2 heteroatoms. The first-order chi connectivity index (χ1) is 11.8. The molecule has 2 aromatic rings. The zero-order valence-corrected chi connectivity index (χ0v) is 14.5. The summed E-state index contributed by atoms with van der Waals surface area (Å²) in [6.07, 6.45) is 6.78. The lowest BCUT2D eigenvalue weighted by Gasteiger charge is -2.47. The molecule has 2 nitrogen and oxygen atoms in total. The van der Waals surface area contributed by atoms with E-state index < -0.39 is 0 Å². The van der Waals surface area contributed by atoms with E-state index in [-0.39, 0.29) is 6.10 Å². The van der Waals surface area contributed by atoms with Crippen molar-refractivity contribution in [1.29, 1.82) is 0 Å². The van der Waals surface area contributed by atoms with E-state index in [1.807, 2.05) is 0 Å². The Morgan fingerprint density at radius 3 is 1.83 bits per heavy atom. The van der Waals surface area contributed by atoms with Crippen molar-refractivity contribution in [1.82, 2.24) is 4.90 Å². The third-order valence-corrected chi connectivity index (χ3v) is 5.83. The standard InChI is InChI=1S/C22H27NO/c1-23-19-13-8-14-20(23)16-21(15-19)24-22(17-9-4-2-5-10-17)18-11-6-3-7-12-18/h2-7,9-12,19-22H,8,13-16H2,1H3. The summed E-state index contributed by atoms with van der Waals surface area (Å²) in [6.45, 7) is 0. The van der Waals surface area contributed by atoms with Crippen LogP contribution in [0.2, 0.25) is 0 Å². The average Bonchev–Trinajstić information content (AvgIpc) is 2.62. The van der Waals surface area contributed by atoms with Crippen LogP contribution >= 0.6 is 0 Å². The van der Waals surface area contributed by atoms with E-state index in [1.165, 1.54) is 43.2 Å². The topological polar surface area (TPSA) is 12.5 Å². The molecule has 2 atom stereocenters. The molecule has 126 valence electrons. The van der Waals surface area contributed by atoms with Crippen LogP contribution in [-0.4, -0.2) is 30.1 Å². The van der Waals surface area contributed by atoms with Crippen LogP contribution in [0.5, 0.6) is 0 Å². The van der Waals surface area contributed by atoms with Crippen molar-refractivity contribution in [3.05, 3.63) is 71.8 Å². The molecule has 2 bridgehead atoms. The van der Waals surface area contributed by atoms with Crippen LogP contribution < -0.4 is 0 Å². The monoisotopic (exact) mass is 321 g/mol. The summed E-state index contributed by atoms with van der Waals surface area (Å²) in [6, 6.07) is 22.7. The Morgan fingerprint density at radius 2 is 1.33 bits per heavy atom.